The summed E-state index contributed by atoms with van der Waals surface area (Å²) in [6, 6.07) is 6.09. The monoisotopic (exact) mass is 246 g/mol. The number of benzene rings is 1. The van der Waals surface area contributed by atoms with Crippen molar-refractivity contribution in [1.29, 1.82) is 0 Å². The Labute approximate surface area is 107 Å². The summed E-state index contributed by atoms with van der Waals surface area (Å²) in [5.41, 5.74) is 2.42. The normalized spacial score (nSPS) is 22.6. The minimum atomic E-state index is -0.0143. The average Bonchev–Trinajstić information content (AvgIpc) is 2.69. The molecule has 0 radical (unpaired) electrons. The second kappa shape index (κ2) is 4.19. The van der Waals surface area contributed by atoms with Gasteiger partial charge in [0.15, 0.2) is 0 Å². The minimum Gasteiger partial charge on any atom is -0.497 e. The summed E-state index contributed by atoms with van der Waals surface area (Å²) >= 11 is 0. The Morgan fingerprint density at radius 3 is 2.94 bits per heavy atom. The number of amides is 1. The van der Waals surface area contributed by atoms with Crippen LogP contribution in [0.15, 0.2) is 18.2 Å². The van der Waals surface area contributed by atoms with E-state index < -0.39 is 0 Å². The molecule has 0 aromatic heterocycles. The van der Waals surface area contributed by atoms with E-state index in [9.17, 15) is 4.79 Å². The largest absolute Gasteiger partial charge is 0.497 e. The molecule has 0 saturated carbocycles. The predicted octanol–water partition coefficient (Wildman–Crippen LogP) is 1.29. The van der Waals surface area contributed by atoms with Crippen molar-refractivity contribution in [2.75, 3.05) is 32.1 Å². The fourth-order valence-corrected chi connectivity index (χ4v) is 2.94. The molecule has 18 heavy (non-hydrogen) atoms. The molecule has 1 unspecified atom stereocenters. The number of anilines is 1. The van der Waals surface area contributed by atoms with Gasteiger partial charge in [-0.3, -0.25) is 4.79 Å². The molecule has 2 heterocycles. The van der Waals surface area contributed by atoms with Gasteiger partial charge >= 0.3 is 0 Å². The zero-order valence-electron chi connectivity index (χ0n) is 10.8. The van der Waals surface area contributed by atoms with Crippen LogP contribution in [0.2, 0.25) is 0 Å². The van der Waals surface area contributed by atoms with Gasteiger partial charge in [0, 0.05) is 38.3 Å². The Morgan fingerprint density at radius 1 is 1.33 bits per heavy atom. The molecule has 1 aromatic carbocycles. The van der Waals surface area contributed by atoms with E-state index in [4.69, 9.17) is 4.74 Å². The lowest BCUT2D eigenvalue weighted by atomic mass is 10.1. The van der Waals surface area contributed by atoms with Gasteiger partial charge in [-0.25, -0.2) is 0 Å². The second-order valence-corrected chi connectivity index (χ2v) is 5.02. The summed E-state index contributed by atoms with van der Waals surface area (Å²) in [7, 11) is 3.57. The highest BCUT2D eigenvalue weighted by Crippen LogP contribution is 2.36. The van der Waals surface area contributed by atoms with Crippen LogP contribution in [0.5, 0.6) is 5.75 Å². The highest BCUT2D eigenvalue weighted by atomic mass is 16.5. The topological polar surface area (TPSA) is 32.8 Å². The third kappa shape index (κ3) is 1.64. The fraction of sp³-hybridized carbons (Fsp3) is 0.500. The summed E-state index contributed by atoms with van der Waals surface area (Å²) in [5, 5.41) is 0. The van der Waals surface area contributed by atoms with E-state index in [0.717, 1.165) is 31.7 Å². The van der Waals surface area contributed by atoms with Crippen molar-refractivity contribution in [3.05, 3.63) is 23.8 Å². The predicted molar refractivity (Wildman–Crippen MR) is 70.1 cm³/mol. The molecule has 1 amide bonds. The van der Waals surface area contributed by atoms with Crippen LogP contribution in [0.1, 0.15) is 12.0 Å². The van der Waals surface area contributed by atoms with Gasteiger partial charge in [-0.1, -0.05) is 6.07 Å². The molecule has 3 rings (SSSR count). The third-order valence-corrected chi connectivity index (χ3v) is 3.95. The van der Waals surface area contributed by atoms with Gasteiger partial charge in [-0.15, -0.1) is 0 Å². The molecule has 2 aliphatic rings. The number of ether oxygens (including phenoxy) is 1. The van der Waals surface area contributed by atoms with E-state index in [-0.39, 0.29) is 11.9 Å². The highest BCUT2D eigenvalue weighted by Gasteiger charge is 2.37. The first kappa shape index (κ1) is 11.4. The van der Waals surface area contributed by atoms with Crippen molar-refractivity contribution in [2.24, 2.45) is 0 Å². The summed E-state index contributed by atoms with van der Waals surface area (Å²) < 4.78 is 5.28. The molecule has 0 aliphatic carbocycles. The molecule has 1 atom stereocenters. The second-order valence-electron chi connectivity index (χ2n) is 5.02. The van der Waals surface area contributed by atoms with Gasteiger partial charge in [0.25, 0.3) is 0 Å². The maximum Gasteiger partial charge on any atom is 0.245 e. The smallest absolute Gasteiger partial charge is 0.245 e. The van der Waals surface area contributed by atoms with Gasteiger partial charge in [0.2, 0.25) is 5.91 Å². The minimum absolute atomic E-state index is 0.0143. The van der Waals surface area contributed by atoms with Crippen LogP contribution in [0.4, 0.5) is 5.69 Å². The Hall–Kier alpha value is -1.71. The van der Waals surface area contributed by atoms with Crippen LogP contribution in [-0.2, 0) is 11.2 Å². The van der Waals surface area contributed by atoms with Crippen LogP contribution in [-0.4, -0.2) is 44.1 Å². The molecule has 4 heteroatoms. The molecule has 2 aliphatic heterocycles. The molecule has 0 spiro atoms. The molecular formula is C14H18N2O2. The zero-order chi connectivity index (χ0) is 12.7. The van der Waals surface area contributed by atoms with Crippen molar-refractivity contribution >= 4 is 11.6 Å². The Morgan fingerprint density at radius 2 is 2.17 bits per heavy atom. The number of carbonyl (C=O) groups is 1. The van der Waals surface area contributed by atoms with E-state index in [1.807, 2.05) is 24.1 Å². The standard InChI is InChI=1S/C14H18N2O2/c1-15-6-3-7-16-12-9-11(18-2)5-4-10(12)8-13(16)14(15)17/h4-5,9,13H,3,6-8H2,1-2H3. The van der Waals surface area contributed by atoms with Crippen molar-refractivity contribution in [3.63, 3.8) is 0 Å². The van der Waals surface area contributed by atoms with Crippen LogP contribution in [0, 0.1) is 0 Å². The average molecular weight is 246 g/mol. The first-order valence-corrected chi connectivity index (χ1v) is 6.39. The molecule has 0 bridgehead atoms. The maximum absolute atomic E-state index is 12.3. The Kier molecular flexibility index (Phi) is 2.65. The number of hydrogen-bond acceptors (Lipinski definition) is 3. The fourth-order valence-electron chi connectivity index (χ4n) is 2.94. The molecule has 4 nitrogen and oxygen atoms in total. The van der Waals surface area contributed by atoms with E-state index in [0.29, 0.717) is 0 Å². The molecule has 96 valence electrons. The molecule has 1 aromatic rings. The third-order valence-electron chi connectivity index (χ3n) is 3.95. The van der Waals surface area contributed by atoms with Crippen molar-refractivity contribution < 1.29 is 9.53 Å². The number of hydrogen-bond donors (Lipinski definition) is 0. The van der Waals surface area contributed by atoms with E-state index >= 15 is 0 Å². The van der Waals surface area contributed by atoms with Crippen LogP contribution in [0.3, 0.4) is 0 Å². The Bertz CT molecular complexity index is 487. The number of methoxy groups -OCH3 is 1. The van der Waals surface area contributed by atoms with Gasteiger partial charge in [0.1, 0.15) is 11.8 Å². The number of carbonyl (C=O) groups excluding carboxylic acids is 1. The maximum atomic E-state index is 12.3. The Balaban J connectivity index is 1.99. The van der Waals surface area contributed by atoms with Gasteiger partial charge in [0.05, 0.1) is 7.11 Å². The van der Waals surface area contributed by atoms with Crippen LogP contribution < -0.4 is 9.64 Å². The lowest BCUT2D eigenvalue weighted by Crippen LogP contribution is -2.42. The van der Waals surface area contributed by atoms with Crippen molar-refractivity contribution in [1.82, 2.24) is 4.90 Å². The van der Waals surface area contributed by atoms with E-state index in [1.54, 1.807) is 7.11 Å². The van der Waals surface area contributed by atoms with Crippen molar-refractivity contribution in [2.45, 2.75) is 18.9 Å². The first-order valence-electron chi connectivity index (χ1n) is 6.39. The number of nitrogens with zero attached hydrogens (tertiary/aromatic N) is 2. The molecular weight excluding hydrogens is 228 g/mol. The molecule has 0 N–H and O–H groups in total. The van der Waals surface area contributed by atoms with E-state index in [2.05, 4.69) is 11.0 Å². The zero-order valence-corrected chi connectivity index (χ0v) is 10.8. The van der Waals surface area contributed by atoms with Gasteiger partial charge < -0.3 is 14.5 Å². The number of rotatable bonds is 1. The summed E-state index contributed by atoms with van der Waals surface area (Å²) in [6.45, 7) is 1.80. The lowest BCUT2D eigenvalue weighted by Gasteiger charge is -2.24. The van der Waals surface area contributed by atoms with Crippen LogP contribution in [0.25, 0.3) is 0 Å². The highest BCUT2D eigenvalue weighted by molar-refractivity contribution is 5.88. The quantitative estimate of drug-likeness (QED) is 0.748. The van der Waals surface area contributed by atoms with Gasteiger partial charge in [-0.2, -0.15) is 0 Å². The molecule has 1 fully saturated rings. The van der Waals surface area contributed by atoms with Gasteiger partial charge in [-0.05, 0) is 18.1 Å². The first-order chi connectivity index (χ1) is 8.70. The molecule has 1 saturated heterocycles. The summed E-state index contributed by atoms with van der Waals surface area (Å²) in [4.78, 5) is 16.4. The lowest BCUT2D eigenvalue weighted by molar-refractivity contribution is -0.130. The summed E-state index contributed by atoms with van der Waals surface area (Å²) in [5.74, 6) is 1.10. The summed E-state index contributed by atoms with van der Waals surface area (Å²) in [6.07, 6.45) is 1.85. The van der Waals surface area contributed by atoms with Crippen molar-refractivity contribution in [3.8, 4) is 5.75 Å². The number of fused-ring (bicyclic) bond motifs is 3. The van der Waals surface area contributed by atoms with E-state index in [1.165, 1.54) is 11.3 Å². The number of likely N-dealkylation sites (N-methyl/N-ethyl adjacent to an activating group) is 1. The van der Waals surface area contributed by atoms with Crippen LogP contribution >= 0.6 is 0 Å². The SMILES string of the molecule is COc1ccc2c(c1)N1CCCN(C)C(=O)C1C2.